The van der Waals surface area contributed by atoms with Gasteiger partial charge in [0.15, 0.2) is 12.6 Å². The van der Waals surface area contributed by atoms with Crippen LogP contribution in [0.2, 0.25) is 0 Å². The topological polar surface area (TPSA) is 51.2 Å². The molecule has 3 heteroatoms. The summed E-state index contributed by atoms with van der Waals surface area (Å²) < 4.78 is 0. The fraction of sp³-hybridized carbons (Fsp3) is 0.375. The summed E-state index contributed by atoms with van der Waals surface area (Å²) in [5.74, 6) is 0. The lowest BCUT2D eigenvalue weighted by Gasteiger charge is -1.87. The molecule has 0 aliphatic heterocycles. The smallest absolute Gasteiger partial charge is 0.153 e. The molecule has 0 aromatic rings. The Balaban J connectivity index is 3.60. The summed E-state index contributed by atoms with van der Waals surface area (Å²) in [5.41, 5.74) is 0.149. The van der Waals surface area contributed by atoms with Crippen LogP contribution >= 0.6 is 0 Å². The van der Waals surface area contributed by atoms with Gasteiger partial charge in [0.05, 0.1) is 5.57 Å². The van der Waals surface area contributed by atoms with Crippen LogP contribution in [0, 0.1) is 0 Å². The molecule has 3 nitrogen and oxygen atoms in total. The van der Waals surface area contributed by atoms with Crippen LogP contribution in [0.15, 0.2) is 11.6 Å². The Morgan fingerprint density at radius 1 is 1.00 bits per heavy atom. The Kier molecular flexibility index (Phi) is 6.08. The van der Waals surface area contributed by atoms with Crippen LogP contribution in [0.5, 0.6) is 0 Å². The SMILES string of the molecule is O=CCCCC=C(C=O)C=O. The number of allylic oxidation sites excluding steroid dienone is 2. The maximum atomic E-state index is 10.0. The van der Waals surface area contributed by atoms with Gasteiger partial charge >= 0.3 is 0 Å². The predicted octanol–water partition coefficient (Wildman–Crippen LogP) is 0.680. The molecule has 0 saturated carbocycles. The molecule has 0 fully saturated rings. The van der Waals surface area contributed by atoms with E-state index in [1.165, 1.54) is 6.08 Å². The molecule has 0 spiro atoms. The third-order valence-corrected chi connectivity index (χ3v) is 1.18. The van der Waals surface area contributed by atoms with Gasteiger partial charge in [-0.1, -0.05) is 6.08 Å². The van der Waals surface area contributed by atoms with Gasteiger partial charge in [-0.15, -0.1) is 0 Å². The molecule has 0 aromatic heterocycles. The number of hydrogen-bond acceptors (Lipinski definition) is 3. The minimum atomic E-state index is 0.149. The zero-order valence-electron chi connectivity index (χ0n) is 6.16. The van der Waals surface area contributed by atoms with E-state index in [1.54, 1.807) is 0 Å². The Labute approximate surface area is 65.1 Å². The number of carbonyl (C=O) groups is 3. The first-order chi connectivity index (χ1) is 5.35. The van der Waals surface area contributed by atoms with Gasteiger partial charge in [-0.3, -0.25) is 9.59 Å². The molecule has 0 aliphatic rings. The van der Waals surface area contributed by atoms with E-state index in [0.717, 1.165) is 6.29 Å². The first-order valence-electron chi connectivity index (χ1n) is 3.39. The van der Waals surface area contributed by atoms with E-state index in [4.69, 9.17) is 0 Å². The number of aldehydes is 3. The number of rotatable bonds is 6. The van der Waals surface area contributed by atoms with Crippen molar-refractivity contribution in [1.82, 2.24) is 0 Å². The zero-order chi connectivity index (χ0) is 8.53. The minimum Gasteiger partial charge on any atom is -0.303 e. The molecule has 0 N–H and O–H groups in total. The highest BCUT2D eigenvalue weighted by Crippen LogP contribution is 1.96. The van der Waals surface area contributed by atoms with E-state index in [2.05, 4.69) is 0 Å². The Morgan fingerprint density at radius 2 is 1.64 bits per heavy atom. The standard InChI is InChI=1S/C8H10O3/c9-5-3-1-2-4-8(6-10)7-11/h4-7H,1-3H2. The quantitative estimate of drug-likeness (QED) is 0.186. The zero-order valence-corrected chi connectivity index (χ0v) is 6.16. The summed E-state index contributed by atoms with van der Waals surface area (Å²) in [4.78, 5) is 29.9. The molecular formula is C8H10O3. The highest BCUT2D eigenvalue weighted by molar-refractivity contribution is 5.99. The predicted molar refractivity (Wildman–Crippen MR) is 40.1 cm³/mol. The van der Waals surface area contributed by atoms with Gasteiger partial charge in [-0.2, -0.15) is 0 Å². The number of carbonyl (C=O) groups excluding carboxylic acids is 3. The maximum Gasteiger partial charge on any atom is 0.153 e. The first-order valence-corrected chi connectivity index (χ1v) is 3.39. The first kappa shape index (κ1) is 9.75. The molecule has 0 amide bonds. The van der Waals surface area contributed by atoms with Crippen molar-refractivity contribution >= 4 is 18.9 Å². The Bertz CT molecular complexity index is 160. The van der Waals surface area contributed by atoms with Gasteiger partial charge in [0.25, 0.3) is 0 Å². The molecule has 0 radical (unpaired) electrons. The Morgan fingerprint density at radius 3 is 2.09 bits per heavy atom. The van der Waals surface area contributed by atoms with Crippen molar-refractivity contribution in [2.24, 2.45) is 0 Å². The van der Waals surface area contributed by atoms with Crippen molar-refractivity contribution < 1.29 is 14.4 Å². The fourth-order valence-electron chi connectivity index (χ4n) is 0.594. The molecule has 0 heterocycles. The second kappa shape index (κ2) is 6.86. The lowest BCUT2D eigenvalue weighted by Crippen LogP contribution is -1.85. The van der Waals surface area contributed by atoms with Crippen LogP contribution in [-0.2, 0) is 14.4 Å². The van der Waals surface area contributed by atoms with Gasteiger partial charge in [0.1, 0.15) is 6.29 Å². The highest BCUT2D eigenvalue weighted by atomic mass is 16.1. The summed E-state index contributed by atoms with van der Waals surface area (Å²) in [5, 5.41) is 0. The van der Waals surface area contributed by atoms with Gasteiger partial charge < -0.3 is 4.79 Å². The average Bonchev–Trinajstić information content (AvgIpc) is 2.05. The van der Waals surface area contributed by atoms with Crippen LogP contribution in [0.1, 0.15) is 19.3 Å². The van der Waals surface area contributed by atoms with Crippen molar-refractivity contribution in [2.45, 2.75) is 19.3 Å². The fourth-order valence-corrected chi connectivity index (χ4v) is 0.594. The van der Waals surface area contributed by atoms with Gasteiger partial charge in [0, 0.05) is 6.42 Å². The summed E-state index contributed by atoms with van der Waals surface area (Å²) in [6.45, 7) is 0. The molecule has 0 aromatic carbocycles. The van der Waals surface area contributed by atoms with Crippen LogP contribution in [-0.4, -0.2) is 18.9 Å². The molecule has 0 bridgehead atoms. The van der Waals surface area contributed by atoms with Crippen molar-refractivity contribution in [3.05, 3.63) is 11.6 Å². The molecule has 0 saturated heterocycles. The molecule has 0 atom stereocenters. The largest absolute Gasteiger partial charge is 0.303 e. The van der Waals surface area contributed by atoms with Crippen molar-refractivity contribution in [2.75, 3.05) is 0 Å². The van der Waals surface area contributed by atoms with Crippen LogP contribution in [0.3, 0.4) is 0 Å². The second-order valence-electron chi connectivity index (χ2n) is 2.04. The van der Waals surface area contributed by atoms with E-state index in [1.807, 2.05) is 0 Å². The Hall–Kier alpha value is -1.25. The molecule has 0 aliphatic carbocycles. The lowest BCUT2D eigenvalue weighted by atomic mass is 10.2. The van der Waals surface area contributed by atoms with E-state index < -0.39 is 0 Å². The minimum absolute atomic E-state index is 0.149. The lowest BCUT2D eigenvalue weighted by molar-refractivity contribution is -0.110. The van der Waals surface area contributed by atoms with E-state index in [9.17, 15) is 14.4 Å². The van der Waals surface area contributed by atoms with Crippen LogP contribution in [0.4, 0.5) is 0 Å². The summed E-state index contributed by atoms with van der Waals surface area (Å²) in [6.07, 6.45) is 5.13. The van der Waals surface area contributed by atoms with Gasteiger partial charge in [-0.05, 0) is 12.8 Å². The third-order valence-electron chi connectivity index (χ3n) is 1.18. The van der Waals surface area contributed by atoms with Crippen molar-refractivity contribution in [3.8, 4) is 0 Å². The number of hydrogen-bond donors (Lipinski definition) is 0. The molecule has 0 rings (SSSR count). The number of unbranched alkanes of at least 4 members (excludes halogenated alkanes) is 2. The van der Waals surface area contributed by atoms with Crippen molar-refractivity contribution in [3.63, 3.8) is 0 Å². The molecule has 0 unspecified atom stereocenters. The van der Waals surface area contributed by atoms with E-state index >= 15 is 0 Å². The third kappa shape index (κ3) is 5.21. The molecule has 60 valence electrons. The van der Waals surface area contributed by atoms with E-state index in [0.29, 0.717) is 31.8 Å². The van der Waals surface area contributed by atoms with Crippen LogP contribution in [0.25, 0.3) is 0 Å². The molecule has 11 heavy (non-hydrogen) atoms. The van der Waals surface area contributed by atoms with Crippen LogP contribution < -0.4 is 0 Å². The van der Waals surface area contributed by atoms with Gasteiger partial charge in [-0.25, -0.2) is 0 Å². The summed E-state index contributed by atoms with van der Waals surface area (Å²) in [7, 11) is 0. The van der Waals surface area contributed by atoms with E-state index in [-0.39, 0.29) is 5.57 Å². The summed E-state index contributed by atoms with van der Waals surface area (Å²) in [6, 6.07) is 0. The second-order valence-corrected chi connectivity index (χ2v) is 2.04. The summed E-state index contributed by atoms with van der Waals surface area (Å²) >= 11 is 0. The van der Waals surface area contributed by atoms with Gasteiger partial charge in [0.2, 0.25) is 0 Å². The monoisotopic (exact) mass is 154 g/mol. The normalized spacial score (nSPS) is 8.36. The molecular weight excluding hydrogens is 144 g/mol. The maximum absolute atomic E-state index is 10.0. The van der Waals surface area contributed by atoms with Crippen molar-refractivity contribution in [1.29, 1.82) is 0 Å². The average molecular weight is 154 g/mol. The highest BCUT2D eigenvalue weighted by Gasteiger charge is 1.89.